The molecule has 7 nitrogen and oxygen atoms in total. The molecular formula is C21H20N4O3S. The number of carbonyl (C=O) groups is 1. The lowest BCUT2D eigenvalue weighted by Crippen LogP contribution is -2.50. The van der Waals surface area contributed by atoms with Crippen LogP contribution in [0.25, 0.3) is 5.70 Å². The molecule has 148 valence electrons. The van der Waals surface area contributed by atoms with E-state index in [1.807, 2.05) is 31.2 Å². The van der Waals surface area contributed by atoms with Gasteiger partial charge >= 0.3 is 0 Å². The summed E-state index contributed by atoms with van der Waals surface area (Å²) >= 11 is 1.39. The average Bonchev–Trinajstić information content (AvgIpc) is 2.73. The van der Waals surface area contributed by atoms with Gasteiger partial charge in [-0.3, -0.25) is 15.1 Å². The number of para-hydroxylation sites is 1. The maximum absolute atomic E-state index is 12.9. The number of carbonyl (C=O) groups excluding carboxylic acids is 1. The van der Waals surface area contributed by atoms with Gasteiger partial charge in [-0.2, -0.15) is 0 Å². The molecule has 29 heavy (non-hydrogen) atoms. The second-order valence-electron chi connectivity index (χ2n) is 6.33. The molecule has 0 aliphatic carbocycles. The third kappa shape index (κ3) is 3.58. The van der Waals surface area contributed by atoms with E-state index in [0.29, 0.717) is 34.3 Å². The van der Waals surface area contributed by atoms with Gasteiger partial charge in [-0.05, 0) is 25.1 Å². The standard InChI is InChI=1S/C21H20N4O3S/c1-3-11-29-21-23-20(27)18-14-7-5-6-8-15(14)22-19(25(18)24-21)13-9-10-16(26)17(12-13)28-4-2/h3,5-10,12,19,26H,1,4,11H2,2H3,(H,23,24,27). The van der Waals surface area contributed by atoms with Crippen LogP contribution in [0.15, 0.2) is 65.2 Å². The highest BCUT2D eigenvalue weighted by molar-refractivity contribution is 8.14. The Kier molecular flexibility index (Phi) is 5.26. The quantitative estimate of drug-likeness (QED) is 0.738. The molecule has 0 saturated carbocycles. The number of amidine groups is 1. The Bertz CT molecular complexity index is 1130. The van der Waals surface area contributed by atoms with Crippen LogP contribution < -0.4 is 20.6 Å². The molecule has 2 aliphatic heterocycles. The van der Waals surface area contributed by atoms with Crippen LogP contribution in [0.4, 0.5) is 0 Å². The highest BCUT2D eigenvalue weighted by Gasteiger charge is 2.34. The van der Waals surface area contributed by atoms with E-state index in [1.165, 1.54) is 11.8 Å². The van der Waals surface area contributed by atoms with Gasteiger partial charge in [0.05, 0.1) is 12.0 Å². The van der Waals surface area contributed by atoms with Crippen molar-refractivity contribution in [2.75, 3.05) is 12.4 Å². The summed E-state index contributed by atoms with van der Waals surface area (Å²) in [5.74, 6) is 0.808. The summed E-state index contributed by atoms with van der Waals surface area (Å²) < 4.78 is 5.52. The minimum atomic E-state index is -0.565. The number of benzene rings is 2. The van der Waals surface area contributed by atoms with Gasteiger partial charge in [-0.15, -0.1) is 11.7 Å². The molecule has 2 aromatic carbocycles. The second kappa shape index (κ2) is 8.00. The summed E-state index contributed by atoms with van der Waals surface area (Å²) in [4.78, 5) is 17.8. The molecule has 0 fully saturated rings. The molecule has 0 aromatic heterocycles. The lowest BCUT2D eigenvalue weighted by Gasteiger charge is -2.34. The monoisotopic (exact) mass is 408 g/mol. The van der Waals surface area contributed by atoms with Crippen molar-refractivity contribution in [3.05, 3.63) is 71.3 Å². The van der Waals surface area contributed by atoms with Crippen molar-refractivity contribution >= 4 is 28.5 Å². The molecule has 2 heterocycles. The molecular weight excluding hydrogens is 388 g/mol. The molecule has 2 N–H and O–H groups in total. The Balaban J connectivity index is 1.88. The minimum absolute atomic E-state index is 0.0538. The van der Waals surface area contributed by atoms with Gasteiger partial charge in [-0.1, -0.05) is 42.1 Å². The van der Waals surface area contributed by atoms with Crippen LogP contribution in [0, 0.1) is 0 Å². The zero-order valence-electron chi connectivity index (χ0n) is 15.8. The number of rotatable bonds is 5. The first kappa shape index (κ1) is 19.1. The summed E-state index contributed by atoms with van der Waals surface area (Å²) in [6.07, 6.45) is 1.19. The molecule has 1 amide bonds. The van der Waals surface area contributed by atoms with Crippen molar-refractivity contribution in [2.24, 2.45) is 10.1 Å². The zero-order valence-corrected chi connectivity index (χ0v) is 16.6. The third-order valence-corrected chi connectivity index (χ3v) is 5.29. The topological polar surface area (TPSA) is 86.5 Å². The molecule has 1 atom stereocenters. The highest BCUT2D eigenvalue weighted by atomic mass is 32.2. The fourth-order valence-corrected chi connectivity index (χ4v) is 3.80. The second-order valence-corrected chi connectivity index (χ2v) is 7.34. The fourth-order valence-electron chi connectivity index (χ4n) is 3.21. The molecule has 1 unspecified atom stereocenters. The van der Waals surface area contributed by atoms with Crippen LogP contribution in [0.2, 0.25) is 0 Å². The summed E-state index contributed by atoms with van der Waals surface area (Å²) in [6, 6.07) is 12.5. The van der Waals surface area contributed by atoms with Crippen LogP contribution in [0.3, 0.4) is 0 Å². The van der Waals surface area contributed by atoms with E-state index in [9.17, 15) is 9.90 Å². The molecule has 4 rings (SSSR count). The van der Waals surface area contributed by atoms with Gasteiger partial charge in [0.2, 0.25) is 0 Å². The van der Waals surface area contributed by atoms with Gasteiger partial charge in [0.25, 0.3) is 5.91 Å². The SMILES string of the molecule is C=CCSC1=NN2C(=c3ccccc3=NC2c2ccc(O)c(OCC)c2)C(=O)N1. The number of hydrogen-bond acceptors (Lipinski definition) is 7. The number of hydrazone groups is 1. The maximum atomic E-state index is 12.9. The van der Waals surface area contributed by atoms with Crippen LogP contribution >= 0.6 is 11.8 Å². The number of phenols is 1. The van der Waals surface area contributed by atoms with E-state index in [-0.39, 0.29) is 11.7 Å². The maximum Gasteiger partial charge on any atom is 0.276 e. The van der Waals surface area contributed by atoms with Gasteiger partial charge < -0.3 is 9.84 Å². The molecule has 0 spiro atoms. The molecule has 0 saturated heterocycles. The van der Waals surface area contributed by atoms with Crippen molar-refractivity contribution in [2.45, 2.75) is 13.1 Å². The Morgan fingerprint density at radius 3 is 2.97 bits per heavy atom. The van der Waals surface area contributed by atoms with Crippen molar-refractivity contribution in [3.63, 3.8) is 0 Å². The number of aromatic hydroxyl groups is 1. The van der Waals surface area contributed by atoms with Crippen molar-refractivity contribution in [1.29, 1.82) is 0 Å². The lowest BCUT2D eigenvalue weighted by molar-refractivity contribution is -0.116. The normalized spacial score (nSPS) is 17.5. The Labute approximate surface area is 172 Å². The van der Waals surface area contributed by atoms with Gasteiger partial charge in [-0.25, -0.2) is 5.01 Å². The summed E-state index contributed by atoms with van der Waals surface area (Å²) in [5.41, 5.74) is 1.19. The fraction of sp³-hybridized carbons (Fsp3) is 0.190. The van der Waals surface area contributed by atoms with E-state index in [1.54, 1.807) is 29.3 Å². The highest BCUT2D eigenvalue weighted by Crippen LogP contribution is 2.35. The largest absolute Gasteiger partial charge is 0.504 e. The van der Waals surface area contributed by atoms with Crippen molar-refractivity contribution in [1.82, 2.24) is 10.3 Å². The first-order valence-electron chi connectivity index (χ1n) is 9.18. The van der Waals surface area contributed by atoms with E-state index >= 15 is 0 Å². The summed E-state index contributed by atoms with van der Waals surface area (Å²) in [7, 11) is 0. The average molecular weight is 408 g/mol. The van der Waals surface area contributed by atoms with E-state index in [4.69, 9.17) is 9.73 Å². The van der Waals surface area contributed by atoms with Gasteiger partial charge in [0.1, 0.15) is 5.70 Å². The van der Waals surface area contributed by atoms with Gasteiger partial charge in [0.15, 0.2) is 22.8 Å². The van der Waals surface area contributed by atoms with Crippen LogP contribution in [-0.2, 0) is 4.79 Å². The number of fused-ring (bicyclic) bond motifs is 2. The number of thioether (sulfide) groups is 1. The summed E-state index contributed by atoms with van der Waals surface area (Å²) in [5, 5.41) is 21.1. The Hall–Kier alpha value is -3.26. The molecule has 0 radical (unpaired) electrons. The minimum Gasteiger partial charge on any atom is -0.504 e. The molecule has 8 heteroatoms. The predicted molar refractivity (Wildman–Crippen MR) is 113 cm³/mol. The number of hydrogen-bond donors (Lipinski definition) is 2. The number of nitrogens with zero attached hydrogens (tertiary/aromatic N) is 3. The van der Waals surface area contributed by atoms with Crippen LogP contribution in [-0.4, -0.2) is 33.6 Å². The first-order valence-corrected chi connectivity index (χ1v) is 10.2. The van der Waals surface area contributed by atoms with Crippen LogP contribution in [0.1, 0.15) is 18.7 Å². The first-order chi connectivity index (χ1) is 14.1. The number of phenolic OH excluding ortho intramolecular Hbond substituents is 1. The Morgan fingerprint density at radius 2 is 2.17 bits per heavy atom. The Morgan fingerprint density at radius 1 is 1.34 bits per heavy atom. The van der Waals surface area contributed by atoms with E-state index in [2.05, 4.69) is 17.0 Å². The third-order valence-electron chi connectivity index (χ3n) is 4.44. The smallest absolute Gasteiger partial charge is 0.276 e. The van der Waals surface area contributed by atoms with Gasteiger partial charge in [0, 0.05) is 16.5 Å². The number of amides is 1. The van der Waals surface area contributed by atoms with E-state index in [0.717, 1.165) is 10.8 Å². The van der Waals surface area contributed by atoms with Crippen molar-refractivity contribution < 1.29 is 14.6 Å². The predicted octanol–water partition coefficient (Wildman–Crippen LogP) is 1.85. The number of nitrogens with one attached hydrogen (secondary N) is 1. The number of ether oxygens (including phenoxy) is 1. The molecule has 0 bridgehead atoms. The van der Waals surface area contributed by atoms with Crippen LogP contribution in [0.5, 0.6) is 11.5 Å². The lowest BCUT2D eigenvalue weighted by atomic mass is 10.1. The molecule has 2 aliphatic rings. The zero-order chi connectivity index (χ0) is 20.4. The summed E-state index contributed by atoms with van der Waals surface area (Å²) in [6.45, 7) is 5.98. The molecule has 2 aromatic rings. The van der Waals surface area contributed by atoms with E-state index < -0.39 is 6.17 Å². The van der Waals surface area contributed by atoms with Crippen molar-refractivity contribution in [3.8, 4) is 11.5 Å².